The molecule has 138 valence electrons. The number of methoxy groups -OCH3 is 1. The average molecular weight is 468 g/mol. The van der Waals surface area contributed by atoms with Crippen LogP contribution in [0.25, 0.3) is 0 Å². The normalized spacial score (nSPS) is 11.4. The summed E-state index contributed by atoms with van der Waals surface area (Å²) >= 11 is 2.08. The summed E-state index contributed by atoms with van der Waals surface area (Å²) in [5, 5.41) is 0. The third kappa shape index (κ3) is 5.35. The number of hydrogen-bond acceptors (Lipinski definition) is 4. The fourth-order valence-corrected chi connectivity index (χ4v) is 2.90. The molecule has 0 spiro atoms. The van der Waals surface area contributed by atoms with Crippen molar-refractivity contribution in [2.75, 3.05) is 7.11 Å². The highest BCUT2D eigenvalue weighted by Crippen LogP contribution is 2.21. The van der Waals surface area contributed by atoms with Crippen LogP contribution in [-0.4, -0.2) is 25.0 Å². The van der Waals surface area contributed by atoms with E-state index in [1.165, 1.54) is 5.56 Å². The maximum atomic E-state index is 12.1. The number of ether oxygens (including phenoxy) is 2. The van der Waals surface area contributed by atoms with E-state index < -0.39 is 17.9 Å². The Morgan fingerprint density at radius 1 is 1.12 bits per heavy atom. The highest BCUT2D eigenvalue weighted by Gasteiger charge is 2.16. The summed E-state index contributed by atoms with van der Waals surface area (Å²) in [5.74, 6) is 0.419. The van der Waals surface area contributed by atoms with E-state index >= 15 is 0 Å². The van der Waals surface area contributed by atoms with Crippen molar-refractivity contribution in [2.24, 2.45) is 0 Å². The summed E-state index contributed by atoms with van der Waals surface area (Å²) < 4.78 is 11.5. The standard InChI is InChI=1S/C19H21IN2O4/c1-4-13-5-8-15(9-6-13)26-12(2)18(23)21-22-19(24)14-7-10-17(25-3)16(20)11-14/h5-12H,4H2,1-3H3,(H,21,23)(H,22,24). The van der Waals surface area contributed by atoms with E-state index in [-0.39, 0.29) is 0 Å². The summed E-state index contributed by atoms with van der Waals surface area (Å²) in [6.07, 6.45) is 0.186. The summed E-state index contributed by atoms with van der Waals surface area (Å²) in [7, 11) is 1.56. The van der Waals surface area contributed by atoms with Crippen LogP contribution < -0.4 is 20.3 Å². The molecule has 6 nitrogen and oxygen atoms in total. The number of halogens is 1. The van der Waals surface area contributed by atoms with E-state index in [9.17, 15) is 9.59 Å². The highest BCUT2D eigenvalue weighted by molar-refractivity contribution is 14.1. The average Bonchev–Trinajstić information content (AvgIpc) is 2.66. The van der Waals surface area contributed by atoms with Crippen LogP contribution in [0.5, 0.6) is 11.5 Å². The van der Waals surface area contributed by atoms with Crippen LogP contribution >= 0.6 is 22.6 Å². The fourth-order valence-electron chi connectivity index (χ4n) is 2.16. The molecule has 0 bridgehead atoms. The Kier molecular flexibility index (Phi) is 7.26. The summed E-state index contributed by atoms with van der Waals surface area (Å²) in [5.41, 5.74) is 6.37. The van der Waals surface area contributed by atoms with Gasteiger partial charge in [0, 0.05) is 5.56 Å². The summed E-state index contributed by atoms with van der Waals surface area (Å²) in [6, 6.07) is 12.5. The van der Waals surface area contributed by atoms with Crippen molar-refractivity contribution in [3.8, 4) is 11.5 Å². The summed E-state index contributed by atoms with van der Waals surface area (Å²) in [4.78, 5) is 24.2. The maximum Gasteiger partial charge on any atom is 0.279 e. The molecule has 0 aliphatic heterocycles. The molecule has 0 aromatic heterocycles. The second-order valence-electron chi connectivity index (χ2n) is 5.55. The molecule has 0 radical (unpaired) electrons. The number of carbonyl (C=O) groups is 2. The lowest BCUT2D eigenvalue weighted by Crippen LogP contribution is -2.47. The van der Waals surface area contributed by atoms with Gasteiger partial charge in [-0.2, -0.15) is 0 Å². The molecule has 0 aliphatic rings. The second kappa shape index (κ2) is 9.42. The molecule has 0 aliphatic carbocycles. The van der Waals surface area contributed by atoms with E-state index in [0.717, 1.165) is 9.99 Å². The number of rotatable bonds is 6. The van der Waals surface area contributed by atoms with Crippen molar-refractivity contribution in [1.29, 1.82) is 0 Å². The number of aryl methyl sites for hydroxylation is 1. The van der Waals surface area contributed by atoms with E-state index in [2.05, 4.69) is 40.4 Å². The molecule has 26 heavy (non-hydrogen) atoms. The van der Waals surface area contributed by atoms with E-state index in [1.807, 2.05) is 24.3 Å². The number of hydrazine groups is 1. The van der Waals surface area contributed by atoms with Crippen LogP contribution in [0, 0.1) is 3.57 Å². The van der Waals surface area contributed by atoms with E-state index in [4.69, 9.17) is 9.47 Å². The number of hydrogen-bond donors (Lipinski definition) is 2. The van der Waals surface area contributed by atoms with Gasteiger partial charge < -0.3 is 9.47 Å². The SMILES string of the molecule is CCc1ccc(OC(C)C(=O)NNC(=O)c2ccc(OC)c(I)c2)cc1. The molecule has 7 heteroatoms. The Balaban J connectivity index is 1.88. The Bertz CT molecular complexity index is 778. The number of nitrogens with one attached hydrogen (secondary N) is 2. The van der Waals surface area contributed by atoms with Gasteiger partial charge in [0.2, 0.25) is 0 Å². The molecule has 1 unspecified atom stereocenters. The minimum atomic E-state index is -0.751. The van der Waals surface area contributed by atoms with Crippen molar-refractivity contribution in [3.05, 3.63) is 57.2 Å². The first-order chi connectivity index (χ1) is 12.4. The lowest BCUT2D eigenvalue weighted by Gasteiger charge is -2.15. The van der Waals surface area contributed by atoms with Gasteiger partial charge in [-0.05, 0) is 71.8 Å². The predicted octanol–water partition coefficient (Wildman–Crippen LogP) is 3.09. The van der Waals surface area contributed by atoms with Gasteiger partial charge in [0.05, 0.1) is 10.7 Å². The third-order valence-corrected chi connectivity index (χ3v) is 4.57. The van der Waals surface area contributed by atoms with Crippen LogP contribution in [0.15, 0.2) is 42.5 Å². The van der Waals surface area contributed by atoms with Gasteiger partial charge in [-0.1, -0.05) is 19.1 Å². The van der Waals surface area contributed by atoms with E-state index in [1.54, 1.807) is 32.2 Å². The van der Waals surface area contributed by atoms with E-state index in [0.29, 0.717) is 17.1 Å². The lowest BCUT2D eigenvalue weighted by atomic mass is 10.2. The molecule has 2 N–H and O–H groups in total. The van der Waals surface area contributed by atoms with Gasteiger partial charge in [0.25, 0.3) is 11.8 Å². The largest absolute Gasteiger partial charge is 0.496 e. The van der Waals surface area contributed by atoms with Gasteiger partial charge in [-0.15, -0.1) is 0 Å². The molecular formula is C19H21IN2O4. The van der Waals surface area contributed by atoms with Crippen LogP contribution in [0.4, 0.5) is 0 Å². The van der Waals surface area contributed by atoms with Gasteiger partial charge >= 0.3 is 0 Å². The zero-order chi connectivity index (χ0) is 19.1. The molecule has 2 rings (SSSR count). The lowest BCUT2D eigenvalue weighted by molar-refractivity contribution is -0.128. The first-order valence-corrected chi connectivity index (χ1v) is 9.21. The van der Waals surface area contributed by atoms with Gasteiger partial charge in [-0.3, -0.25) is 20.4 Å². The Morgan fingerprint density at radius 2 is 1.81 bits per heavy atom. The molecule has 2 aromatic rings. The molecule has 0 saturated heterocycles. The predicted molar refractivity (Wildman–Crippen MR) is 107 cm³/mol. The van der Waals surface area contributed by atoms with Crippen molar-refractivity contribution in [1.82, 2.24) is 10.9 Å². The molecular weight excluding hydrogens is 447 g/mol. The molecule has 2 aromatic carbocycles. The first-order valence-electron chi connectivity index (χ1n) is 8.14. The first kappa shape index (κ1) is 20.0. The van der Waals surface area contributed by atoms with Crippen LogP contribution in [0.1, 0.15) is 29.8 Å². The van der Waals surface area contributed by atoms with Crippen LogP contribution in [-0.2, 0) is 11.2 Å². The second-order valence-corrected chi connectivity index (χ2v) is 6.71. The third-order valence-electron chi connectivity index (χ3n) is 3.73. The van der Waals surface area contributed by atoms with Crippen LogP contribution in [0.2, 0.25) is 0 Å². The fraction of sp³-hybridized carbons (Fsp3) is 0.263. The highest BCUT2D eigenvalue weighted by atomic mass is 127. The van der Waals surface area contributed by atoms with Crippen molar-refractivity contribution in [3.63, 3.8) is 0 Å². The minimum absolute atomic E-state index is 0.416. The van der Waals surface area contributed by atoms with Gasteiger partial charge in [0.15, 0.2) is 6.10 Å². The molecule has 0 heterocycles. The minimum Gasteiger partial charge on any atom is -0.496 e. The van der Waals surface area contributed by atoms with Crippen molar-refractivity contribution < 1.29 is 19.1 Å². The zero-order valence-corrected chi connectivity index (χ0v) is 17.0. The number of carbonyl (C=O) groups excluding carboxylic acids is 2. The summed E-state index contributed by atoms with van der Waals surface area (Å²) in [6.45, 7) is 3.68. The van der Waals surface area contributed by atoms with Crippen molar-refractivity contribution in [2.45, 2.75) is 26.4 Å². The Hall–Kier alpha value is -2.29. The molecule has 0 saturated carbocycles. The quantitative estimate of drug-likeness (QED) is 0.505. The zero-order valence-electron chi connectivity index (χ0n) is 14.8. The van der Waals surface area contributed by atoms with Gasteiger partial charge in [0.1, 0.15) is 11.5 Å². The van der Waals surface area contributed by atoms with Gasteiger partial charge in [-0.25, -0.2) is 0 Å². The molecule has 2 amide bonds. The molecule has 1 atom stereocenters. The smallest absolute Gasteiger partial charge is 0.279 e. The Labute approximate surface area is 166 Å². The number of amides is 2. The molecule has 0 fully saturated rings. The van der Waals surface area contributed by atoms with Crippen molar-refractivity contribution >= 4 is 34.4 Å². The topological polar surface area (TPSA) is 76.7 Å². The van der Waals surface area contributed by atoms with Crippen LogP contribution in [0.3, 0.4) is 0 Å². The Morgan fingerprint density at radius 3 is 2.38 bits per heavy atom. The number of benzene rings is 2. The monoisotopic (exact) mass is 468 g/mol. The maximum absolute atomic E-state index is 12.1.